The molecule has 0 fully saturated rings. The molecule has 6 nitrogen and oxygen atoms in total. The standard InChI is InChI=1S/C16H17ClN2O4S/c1-23-9-8-18-24(21,22)15-7-2-4-12(10-15)16(20)19-14-6-3-5-13(17)11-14/h2-7,10-11,18H,8-9H2,1H3,(H,19,20). The van der Waals surface area contributed by atoms with Crippen molar-refractivity contribution < 1.29 is 17.9 Å². The molecule has 0 bridgehead atoms. The third-order valence-corrected chi connectivity index (χ3v) is 4.78. The number of nitrogens with one attached hydrogen (secondary N) is 2. The molecule has 0 aromatic heterocycles. The van der Waals surface area contributed by atoms with Crippen LogP contribution in [0.2, 0.25) is 5.02 Å². The quantitative estimate of drug-likeness (QED) is 0.735. The molecule has 0 atom stereocenters. The third-order valence-electron chi connectivity index (χ3n) is 3.09. The number of halogens is 1. The Morgan fingerprint density at radius 1 is 1.17 bits per heavy atom. The van der Waals surface area contributed by atoms with Crippen molar-refractivity contribution >= 4 is 33.2 Å². The monoisotopic (exact) mass is 368 g/mol. The molecular weight excluding hydrogens is 352 g/mol. The molecule has 0 spiro atoms. The second-order valence-electron chi connectivity index (χ2n) is 4.88. The van der Waals surface area contributed by atoms with Gasteiger partial charge in [-0.05, 0) is 36.4 Å². The van der Waals surface area contributed by atoms with Crippen LogP contribution < -0.4 is 10.0 Å². The molecule has 0 unspecified atom stereocenters. The van der Waals surface area contributed by atoms with E-state index in [0.717, 1.165) is 0 Å². The van der Waals surface area contributed by atoms with Gasteiger partial charge in [0.05, 0.1) is 11.5 Å². The van der Waals surface area contributed by atoms with E-state index in [4.69, 9.17) is 16.3 Å². The Morgan fingerprint density at radius 2 is 1.92 bits per heavy atom. The predicted molar refractivity (Wildman–Crippen MR) is 92.9 cm³/mol. The lowest BCUT2D eigenvalue weighted by Gasteiger charge is -2.09. The lowest BCUT2D eigenvalue weighted by Crippen LogP contribution is -2.27. The fraction of sp³-hybridized carbons (Fsp3) is 0.188. The summed E-state index contributed by atoms with van der Waals surface area (Å²) in [6, 6.07) is 12.5. The maximum absolute atomic E-state index is 12.3. The van der Waals surface area contributed by atoms with Crippen LogP contribution in [0, 0.1) is 0 Å². The number of carbonyl (C=O) groups excluding carboxylic acids is 1. The van der Waals surface area contributed by atoms with Gasteiger partial charge in [0.15, 0.2) is 0 Å². The molecular formula is C16H17ClN2O4S. The van der Waals surface area contributed by atoms with Crippen LogP contribution in [0.25, 0.3) is 0 Å². The van der Waals surface area contributed by atoms with E-state index >= 15 is 0 Å². The summed E-state index contributed by atoms with van der Waals surface area (Å²) in [5.74, 6) is -0.425. The highest BCUT2D eigenvalue weighted by molar-refractivity contribution is 7.89. The second kappa shape index (κ2) is 8.25. The van der Waals surface area contributed by atoms with Crippen molar-refractivity contribution in [3.63, 3.8) is 0 Å². The number of rotatable bonds is 7. The highest BCUT2D eigenvalue weighted by Gasteiger charge is 2.16. The number of hydrogen-bond acceptors (Lipinski definition) is 4. The van der Waals surface area contributed by atoms with Crippen LogP contribution in [0.15, 0.2) is 53.4 Å². The van der Waals surface area contributed by atoms with Gasteiger partial charge < -0.3 is 10.1 Å². The van der Waals surface area contributed by atoms with Crippen LogP contribution >= 0.6 is 11.6 Å². The number of anilines is 1. The van der Waals surface area contributed by atoms with Crippen LogP contribution in [0.1, 0.15) is 10.4 Å². The number of methoxy groups -OCH3 is 1. The minimum absolute atomic E-state index is 0.0114. The topological polar surface area (TPSA) is 84.5 Å². The largest absolute Gasteiger partial charge is 0.383 e. The second-order valence-corrected chi connectivity index (χ2v) is 7.09. The number of amides is 1. The molecule has 128 valence electrons. The van der Waals surface area contributed by atoms with Crippen LogP contribution in [-0.2, 0) is 14.8 Å². The molecule has 0 saturated carbocycles. The fourth-order valence-corrected chi connectivity index (χ4v) is 3.18. The summed E-state index contributed by atoms with van der Waals surface area (Å²) < 4.78 is 31.5. The maximum atomic E-state index is 12.3. The smallest absolute Gasteiger partial charge is 0.255 e. The summed E-state index contributed by atoms with van der Waals surface area (Å²) in [5.41, 5.74) is 0.753. The molecule has 2 rings (SSSR count). The summed E-state index contributed by atoms with van der Waals surface area (Å²) in [6.45, 7) is 0.409. The van der Waals surface area contributed by atoms with Gasteiger partial charge in [-0.3, -0.25) is 4.79 Å². The van der Waals surface area contributed by atoms with E-state index in [1.54, 1.807) is 24.3 Å². The van der Waals surface area contributed by atoms with E-state index < -0.39 is 15.9 Å². The minimum atomic E-state index is -3.70. The van der Waals surface area contributed by atoms with Crippen molar-refractivity contribution in [1.82, 2.24) is 4.72 Å². The maximum Gasteiger partial charge on any atom is 0.255 e. The molecule has 2 aromatic rings. The first-order valence-electron chi connectivity index (χ1n) is 7.08. The Morgan fingerprint density at radius 3 is 2.62 bits per heavy atom. The van der Waals surface area contributed by atoms with Gasteiger partial charge in [0.1, 0.15) is 0 Å². The zero-order valence-electron chi connectivity index (χ0n) is 13.0. The number of hydrogen-bond donors (Lipinski definition) is 2. The van der Waals surface area contributed by atoms with E-state index in [-0.39, 0.29) is 23.6 Å². The van der Waals surface area contributed by atoms with Gasteiger partial charge >= 0.3 is 0 Å². The highest BCUT2D eigenvalue weighted by Crippen LogP contribution is 2.17. The number of sulfonamides is 1. The van der Waals surface area contributed by atoms with E-state index in [0.29, 0.717) is 10.7 Å². The first-order valence-corrected chi connectivity index (χ1v) is 8.94. The van der Waals surface area contributed by atoms with Crippen LogP contribution in [0.5, 0.6) is 0 Å². The fourth-order valence-electron chi connectivity index (χ4n) is 1.94. The van der Waals surface area contributed by atoms with E-state index in [9.17, 15) is 13.2 Å². The first-order chi connectivity index (χ1) is 11.4. The van der Waals surface area contributed by atoms with Crippen LogP contribution in [0.4, 0.5) is 5.69 Å². The van der Waals surface area contributed by atoms with Gasteiger partial charge in [0.2, 0.25) is 10.0 Å². The van der Waals surface area contributed by atoms with Gasteiger partial charge in [-0.1, -0.05) is 23.7 Å². The third kappa shape index (κ3) is 5.04. The highest BCUT2D eigenvalue weighted by atomic mass is 35.5. The SMILES string of the molecule is COCCNS(=O)(=O)c1cccc(C(=O)Nc2cccc(Cl)c2)c1. The van der Waals surface area contributed by atoms with Crippen molar-refractivity contribution in [2.45, 2.75) is 4.90 Å². The molecule has 0 aliphatic carbocycles. The number of carbonyl (C=O) groups is 1. The van der Waals surface area contributed by atoms with Gasteiger partial charge in [0.25, 0.3) is 5.91 Å². The summed E-state index contributed by atoms with van der Waals surface area (Å²) in [7, 11) is -2.22. The molecule has 8 heteroatoms. The zero-order chi connectivity index (χ0) is 17.6. The Hall–Kier alpha value is -1.93. The molecule has 2 aromatic carbocycles. The molecule has 24 heavy (non-hydrogen) atoms. The summed E-state index contributed by atoms with van der Waals surface area (Å²) in [6.07, 6.45) is 0. The summed E-state index contributed by atoms with van der Waals surface area (Å²) >= 11 is 5.87. The van der Waals surface area contributed by atoms with Crippen molar-refractivity contribution in [3.8, 4) is 0 Å². The normalized spacial score (nSPS) is 11.2. The zero-order valence-corrected chi connectivity index (χ0v) is 14.5. The Kier molecular flexibility index (Phi) is 6.33. The van der Waals surface area contributed by atoms with Crippen molar-refractivity contribution in [1.29, 1.82) is 0 Å². The van der Waals surface area contributed by atoms with E-state index in [2.05, 4.69) is 10.0 Å². The average molecular weight is 369 g/mol. The van der Waals surface area contributed by atoms with Gasteiger partial charge in [0, 0.05) is 29.9 Å². The molecule has 0 radical (unpaired) electrons. The Labute approximate surface area is 145 Å². The Bertz CT molecular complexity index is 824. The first kappa shape index (κ1) is 18.4. The summed E-state index contributed by atoms with van der Waals surface area (Å²) in [4.78, 5) is 12.3. The molecule has 0 heterocycles. The molecule has 0 aliphatic rings. The van der Waals surface area contributed by atoms with E-state index in [1.165, 1.54) is 31.4 Å². The van der Waals surface area contributed by atoms with Gasteiger partial charge in [-0.2, -0.15) is 0 Å². The van der Waals surface area contributed by atoms with Crippen molar-refractivity contribution in [3.05, 3.63) is 59.1 Å². The van der Waals surface area contributed by atoms with Gasteiger partial charge in [-0.25, -0.2) is 13.1 Å². The van der Waals surface area contributed by atoms with E-state index in [1.807, 2.05) is 0 Å². The molecule has 1 amide bonds. The molecule has 0 saturated heterocycles. The minimum Gasteiger partial charge on any atom is -0.383 e. The van der Waals surface area contributed by atoms with Crippen LogP contribution in [0.3, 0.4) is 0 Å². The lowest BCUT2D eigenvalue weighted by atomic mass is 10.2. The predicted octanol–water partition coefficient (Wildman–Crippen LogP) is 2.52. The summed E-state index contributed by atoms with van der Waals surface area (Å²) in [5, 5.41) is 3.16. The lowest BCUT2D eigenvalue weighted by molar-refractivity contribution is 0.102. The number of benzene rings is 2. The Balaban J connectivity index is 2.16. The number of ether oxygens (including phenoxy) is 1. The average Bonchev–Trinajstić information content (AvgIpc) is 2.55. The van der Waals surface area contributed by atoms with Gasteiger partial charge in [-0.15, -0.1) is 0 Å². The molecule has 0 aliphatic heterocycles. The van der Waals surface area contributed by atoms with Crippen molar-refractivity contribution in [2.75, 3.05) is 25.6 Å². The van der Waals surface area contributed by atoms with Crippen LogP contribution in [-0.4, -0.2) is 34.6 Å². The van der Waals surface area contributed by atoms with Crippen molar-refractivity contribution in [2.24, 2.45) is 0 Å². The molecule has 2 N–H and O–H groups in total.